The lowest BCUT2D eigenvalue weighted by Crippen LogP contribution is -2.48. The lowest BCUT2D eigenvalue weighted by molar-refractivity contribution is -0.154. The number of carbonyl (C=O) groups excluding carboxylic acids is 1. The van der Waals surface area contributed by atoms with Crippen LogP contribution in [0.15, 0.2) is 60.8 Å². The number of nitrogens with zero attached hydrogens (tertiary/aromatic N) is 2. The Morgan fingerprint density at radius 2 is 1.76 bits per heavy atom. The summed E-state index contributed by atoms with van der Waals surface area (Å²) in [6, 6.07) is 18.4. The number of hydrogen-bond donors (Lipinski definition) is 0. The predicted octanol–water partition coefficient (Wildman–Crippen LogP) is 5.63. The number of aromatic nitrogens is 1. The normalized spacial score (nSPS) is 20.9. The van der Waals surface area contributed by atoms with Crippen molar-refractivity contribution in [1.82, 2.24) is 9.88 Å². The lowest BCUT2D eigenvalue weighted by Gasteiger charge is -2.39. The highest BCUT2D eigenvalue weighted by Crippen LogP contribution is 2.40. The number of hydrogen-bond acceptors (Lipinski definition) is 7. The monoisotopic (exact) mass is 558 g/mol. The molecule has 1 unspecified atom stereocenters. The smallest absolute Gasteiger partial charge is 0.272 e. The number of amides is 1. The standard InChI is InChI=1S/C33H38N2O6/c1-33(2)40-20-30(41-33)31(38-4)25-13-14-34-27(15-25)32(36)35-17-26(18-35)24-11-12-28(29(16-24)37-3)39-19-21-5-7-22(8-6-21)23-9-10-23/h5-8,11-16,23,26,30-31H,9-10,17-20H2,1-4H3/t30-,31?/m1/s1. The molecule has 1 saturated carbocycles. The highest BCUT2D eigenvalue weighted by atomic mass is 16.7. The maximum Gasteiger partial charge on any atom is 0.272 e. The van der Waals surface area contributed by atoms with E-state index in [0.717, 1.165) is 22.6 Å². The summed E-state index contributed by atoms with van der Waals surface area (Å²) in [6.45, 7) is 5.90. The number of ether oxygens (including phenoxy) is 5. The Kier molecular flexibility index (Phi) is 7.72. The highest BCUT2D eigenvalue weighted by Gasteiger charge is 2.39. The van der Waals surface area contributed by atoms with Crippen LogP contribution in [0.1, 0.15) is 77.4 Å². The molecule has 0 bridgehead atoms. The van der Waals surface area contributed by atoms with Gasteiger partial charge in [-0.25, -0.2) is 0 Å². The lowest BCUT2D eigenvalue weighted by atomic mass is 9.90. The molecule has 6 rings (SSSR count). The van der Waals surface area contributed by atoms with Gasteiger partial charge in [-0.2, -0.15) is 0 Å². The molecule has 3 heterocycles. The highest BCUT2D eigenvalue weighted by molar-refractivity contribution is 5.93. The summed E-state index contributed by atoms with van der Waals surface area (Å²) in [5.74, 6) is 1.62. The Hall–Kier alpha value is -3.46. The quantitative estimate of drug-likeness (QED) is 0.319. The van der Waals surface area contributed by atoms with Crippen LogP contribution in [0.3, 0.4) is 0 Å². The average molecular weight is 559 g/mol. The van der Waals surface area contributed by atoms with Gasteiger partial charge in [-0.15, -0.1) is 0 Å². The van der Waals surface area contributed by atoms with Gasteiger partial charge in [0.15, 0.2) is 17.3 Å². The van der Waals surface area contributed by atoms with Gasteiger partial charge in [-0.05, 0) is 79.1 Å². The molecule has 2 saturated heterocycles. The first-order valence-corrected chi connectivity index (χ1v) is 14.3. The molecule has 2 aromatic carbocycles. The van der Waals surface area contributed by atoms with Crippen LogP contribution in [0.2, 0.25) is 0 Å². The van der Waals surface area contributed by atoms with Crippen molar-refractivity contribution in [2.75, 3.05) is 33.9 Å². The van der Waals surface area contributed by atoms with E-state index in [1.54, 1.807) is 26.5 Å². The van der Waals surface area contributed by atoms with Crippen LogP contribution in [0.5, 0.6) is 11.5 Å². The first-order valence-electron chi connectivity index (χ1n) is 14.3. The molecular formula is C33H38N2O6. The van der Waals surface area contributed by atoms with Crippen LogP contribution in [0.25, 0.3) is 0 Å². The third-order valence-corrected chi connectivity index (χ3v) is 8.20. The molecule has 0 N–H and O–H groups in total. The second-order valence-electron chi connectivity index (χ2n) is 11.6. The van der Waals surface area contributed by atoms with E-state index in [-0.39, 0.29) is 24.0 Å². The first kappa shape index (κ1) is 27.7. The van der Waals surface area contributed by atoms with E-state index in [1.165, 1.54) is 18.4 Å². The van der Waals surface area contributed by atoms with E-state index in [1.807, 2.05) is 36.9 Å². The number of benzene rings is 2. The Bertz CT molecular complexity index is 1380. The maximum atomic E-state index is 13.3. The van der Waals surface area contributed by atoms with E-state index >= 15 is 0 Å². The minimum absolute atomic E-state index is 0.0958. The SMILES string of the molecule is COc1cc(C2CN(C(=O)c3cc(C(OC)[C@H]4COC(C)(C)O4)ccn3)C2)ccc1OCc1ccc(C2CC2)cc1. The molecule has 3 aliphatic rings. The van der Waals surface area contributed by atoms with Gasteiger partial charge in [0.25, 0.3) is 5.91 Å². The zero-order chi connectivity index (χ0) is 28.6. The molecule has 1 amide bonds. The number of likely N-dealkylation sites (tertiary alicyclic amines) is 1. The molecule has 216 valence electrons. The molecule has 41 heavy (non-hydrogen) atoms. The van der Waals surface area contributed by atoms with Crippen LogP contribution >= 0.6 is 0 Å². The molecule has 0 radical (unpaired) electrons. The van der Waals surface area contributed by atoms with Crippen LogP contribution in [-0.2, 0) is 20.8 Å². The Morgan fingerprint density at radius 1 is 1.00 bits per heavy atom. The predicted molar refractivity (Wildman–Crippen MR) is 153 cm³/mol. The summed E-state index contributed by atoms with van der Waals surface area (Å²) < 4.78 is 29.2. The molecule has 8 heteroatoms. The van der Waals surface area contributed by atoms with Gasteiger partial charge in [0, 0.05) is 32.3 Å². The topological polar surface area (TPSA) is 79.4 Å². The van der Waals surface area contributed by atoms with Crippen molar-refractivity contribution in [3.63, 3.8) is 0 Å². The van der Waals surface area contributed by atoms with Gasteiger partial charge in [-0.1, -0.05) is 30.3 Å². The van der Waals surface area contributed by atoms with Crippen molar-refractivity contribution in [3.8, 4) is 11.5 Å². The fourth-order valence-electron chi connectivity index (χ4n) is 5.65. The third kappa shape index (κ3) is 6.10. The van der Waals surface area contributed by atoms with Gasteiger partial charge >= 0.3 is 0 Å². The third-order valence-electron chi connectivity index (χ3n) is 8.20. The zero-order valence-electron chi connectivity index (χ0n) is 24.2. The van der Waals surface area contributed by atoms with Crippen molar-refractivity contribution in [3.05, 3.63) is 88.7 Å². The van der Waals surface area contributed by atoms with Crippen LogP contribution < -0.4 is 9.47 Å². The summed E-state index contributed by atoms with van der Waals surface area (Å²) in [6.07, 6.45) is 3.64. The number of carbonyl (C=O) groups is 1. The van der Waals surface area contributed by atoms with Crippen molar-refractivity contribution in [1.29, 1.82) is 0 Å². The second-order valence-corrected chi connectivity index (χ2v) is 11.6. The van der Waals surface area contributed by atoms with Crippen molar-refractivity contribution >= 4 is 5.91 Å². The van der Waals surface area contributed by atoms with Crippen LogP contribution in [-0.4, -0.2) is 61.6 Å². The van der Waals surface area contributed by atoms with Gasteiger partial charge < -0.3 is 28.6 Å². The minimum Gasteiger partial charge on any atom is -0.493 e. The van der Waals surface area contributed by atoms with Gasteiger partial charge in [-0.3, -0.25) is 9.78 Å². The number of rotatable bonds is 10. The molecule has 0 spiro atoms. The fraction of sp³-hybridized carbons (Fsp3) is 0.455. The Labute approximate surface area is 241 Å². The van der Waals surface area contributed by atoms with E-state index in [2.05, 4.69) is 35.3 Å². The Balaban J connectivity index is 1.06. The molecule has 2 atom stereocenters. The molecule has 3 aromatic rings. The average Bonchev–Trinajstić information content (AvgIpc) is 3.75. The van der Waals surface area contributed by atoms with E-state index in [0.29, 0.717) is 43.5 Å². The van der Waals surface area contributed by atoms with E-state index in [4.69, 9.17) is 23.7 Å². The molecule has 2 aliphatic heterocycles. The van der Waals surface area contributed by atoms with Gasteiger partial charge in [0.05, 0.1) is 13.7 Å². The second kappa shape index (κ2) is 11.4. The number of methoxy groups -OCH3 is 2. The molecule has 1 aromatic heterocycles. The van der Waals surface area contributed by atoms with Gasteiger partial charge in [0.1, 0.15) is 24.5 Å². The van der Waals surface area contributed by atoms with Gasteiger partial charge in [0.2, 0.25) is 0 Å². The summed E-state index contributed by atoms with van der Waals surface area (Å²) in [5.41, 5.74) is 4.91. The molecule has 1 aliphatic carbocycles. The van der Waals surface area contributed by atoms with Crippen molar-refractivity contribution in [2.45, 2.75) is 63.1 Å². The fourth-order valence-corrected chi connectivity index (χ4v) is 5.65. The van der Waals surface area contributed by atoms with Crippen molar-refractivity contribution in [2.24, 2.45) is 0 Å². The first-order chi connectivity index (χ1) is 19.8. The van der Waals surface area contributed by atoms with Crippen LogP contribution in [0, 0.1) is 0 Å². The molecule has 3 fully saturated rings. The van der Waals surface area contributed by atoms with Crippen molar-refractivity contribution < 1.29 is 28.5 Å². The summed E-state index contributed by atoms with van der Waals surface area (Å²) in [5, 5.41) is 0. The largest absolute Gasteiger partial charge is 0.493 e. The maximum absolute atomic E-state index is 13.3. The minimum atomic E-state index is -0.658. The summed E-state index contributed by atoms with van der Waals surface area (Å²) in [7, 11) is 3.29. The van der Waals surface area contributed by atoms with E-state index < -0.39 is 5.79 Å². The molecule has 8 nitrogen and oxygen atoms in total. The van der Waals surface area contributed by atoms with Crippen LogP contribution in [0.4, 0.5) is 0 Å². The summed E-state index contributed by atoms with van der Waals surface area (Å²) >= 11 is 0. The molecular weight excluding hydrogens is 520 g/mol. The number of pyridine rings is 1. The zero-order valence-corrected chi connectivity index (χ0v) is 24.2. The van der Waals surface area contributed by atoms with E-state index in [9.17, 15) is 4.79 Å². The Morgan fingerprint density at radius 3 is 2.41 bits per heavy atom. The summed E-state index contributed by atoms with van der Waals surface area (Å²) in [4.78, 5) is 19.4.